The number of benzene rings is 1. The van der Waals surface area contributed by atoms with Gasteiger partial charge in [-0.2, -0.15) is 0 Å². The van der Waals surface area contributed by atoms with Gasteiger partial charge in [0.15, 0.2) is 0 Å². The molecule has 0 saturated carbocycles. The summed E-state index contributed by atoms with van der Waals surface area (Å²) in [6, 6.07) is 5.90. The number of carbonyl (C=O) groups is 2. The van der Waals surface area contributed by atoms with Gasteiger partial charge in [-0.3, -0.25) is 14.5 Å². The second-order valence-electron chi connectivity index (χ2n) is 5.68. The number of thioether (sulfide) groups is 1. The highest BCUT2D eigenvalue weighted by Gasteiger charge is 2.33. The van der Waals surface area contributed by atoms with Gasteiger partial charge in [0, 0.05) is 10.9 Å². The van der Waals surface area contributed by atoms with Gasteiger partial charge < -0.3 is 5.11 Å². The molecule has 0 bridgehead atoms. The van der Waals surface area contributed by atoms with Crippen molar-refractivity contribution in [3.05, 3.63) is 44.9 Å². The third kappa shape index (κ3) is 3.53. The number of aliphatic carboxylic acids is 1. The average Bonchev–Trinajstić information content (AvgIpc) is 2.76. The maximum Gasteiger partial charge on any atom is 0.323 e. The molecule has 0 spiro atoms. The predicted molar refractivity (Wildman–Crippen MR) is 104 cm³/mol. The highest BCUT2D eigenvalue weighted by atomic mass is 35.5. The molecule has 3 rings (SSSR count). The van der Waals surface area contributed by atoms with Gasteiger partial charge in [0.1, 0.15) is 16.0 Å². The van der Waals surface area contributed by atoms with Gasteiger partial charge in [-0.25, -0.2) is 4.98 Å². The lowest BCUT2D eigenvalue weighted by Crippen LogP contribution is -2.33. The molecule has 1 aromatic heterocycles. The summed E-state index contributed by atoms with van der Waals surface area (Å²) < 4.78 is 0.218. The molecule has 0 unspecified atom stereocenters. The van der Waals surface area contributed by atoms with E-state index in [1.54, 1.807) is 6.08 Å². The van der Waals surface area contributed by atoms with E-state index >= 15 is 0 Å². The highest BCUT2D eigenvalue weighted by Crippen LogP contribution is 2.34. The third-order valence-electron chi connectivity index (χ3n) is 3.69. The molecule has 1 fully saturated rings. The first-order valence-corrected chi connectivity index (χ1v) is 8.91. The Labute approximate surface area is 158 Å². The summed E-state index contributed by atoms with van der Waals surface area (Å²) in [5.41, 5.74) is 3.53. The van der Waals surface area contributed by atoms with Gasteiger partial charge >= 0.3 is 5.97 Å². The van der Waals surface area contributed by atoms with Crippen molar-refractivity contribution < 1.29 is 14.7 Å². The van der Waals surface area contributed by atoms with Gasteiger partial charge in [-0.15, -0.1) is 0 Å². The lowest BCUT2D eigenvalue weighted by Gasteiger charge is -2.10. The Morgan fingerprint density at radius 1 is 1.40 bits per heavy atom. The van der Waals surface area contributed by atoms with Crippen molar-refractivity contribution in [2.75, 3.05) is 6.54 Å². The first-order valence-electron chi connectivity index (χ1n) is 7.31. The van der Waals surface area contributed by atoms with Crippen molar-refractivity contribution in [1.29, 1.82) is 0 Å². The number of carboxylic acids is 1. The molecule has 2 aromatic rings. The number of pyridine rings is 1. The molecule has 5 nitrogen and oxygen atoms in total. The number of carboxylic acid groups (broad SMARTS) is 1. The van der Waals surface area contributed by atoms with E-state index in [4.69, 9.17) is 28.9 Å². The standard InChI is InChI=1S/C17H13ClN2O3S2/c1-8-3-9(2)14-10(4-8)5-11(15(18)19-14)6-12-16(23)20(7-13(21)22)17(24)25-12/h3-6H,7H2,1-2H3,(H,21,22)/b12-6-. The van der Waals surface area contributed by atoms with Crippen molar-refractivity contribution in [1.82, 2.24) is 9.88 Å². The Morgan fingerprint density at radius 3 is 2.80 bits per heavy atom. The quantitative estimate of drug-likeness (QED) is 0.487. The highest BCUT2D eigenvalue weighted by molar-refractivity contribution is 8.26. The van der Waals surface area contributed by atoms with Crippen LogP contribution in [0.15, 0.2) is 23.1 Å². The van der Waals surface area contributed by atoms with E-state index in [0.717, 1.165) is 38.7 Å². The Hall–Kier alpha value is -1.96. The summed E-state index contributed by atoms with van der Waals surface area (Å²) in [5.74, 6) is -1.55. The lowest BCUT2D eigenvalue weighted by molar-refractivity contribution is -0.140. The van der Waals surface area contributed by atoms with Crippen LogP contribution in [0.5, 0.6) is 0 Å². The molecule has 128 valence electrons. The first-order chi connectivity index (χ1) is 11.8. The number of amides is 1. The van der Waals surface area contributed by atoms with Gasteiger partial charge in [0.2, 0.25) is 0 Å². The van der Waals surface area contributed by atoms with Gasteiger partial charge in [-0.1, -0.05) is 47.2 Å². The fourth-order valence-corrected chi connectivity index (χ4v) is 4.10. The number of aryl methyl sites for hydroxylation is 2. The molecule has 0 aliphatic carbocycles. The number of carbonyl (C=O) groups excluding carboxylic acids is 1. The summed E-state index contributed by atoms with van der Waals surface area (Å²) in [6.07, 6.45) is 1.60. The molecule has 1 saturated heterocycles. The number of nitrogens with zero attached hydrogens (tertiary/aromatic N) is 2. The largest absolute Gasteiger partial charge is 0.480 e. The van der Waals surface area contributed by atoms with Crippen LogP contribution in [0.1, 0.15) is 16.7 Å². The summed E-state index contributed by atoms with van der Waals surface area (Å²) in [7, 11) is 0. The summed E-state index contributed by atoms with van der Waals surface area (Å²) in [6.45, 7) is 3.51. The maximum absolute atomic E-state index is 12.4. The van der Waals surface area contributed by atoms with Crippen LogP contribution < -0.4 is 0 Å². The number of aromatic nitrogens is 1. The molecule has 0 atom stereocenters. The van der Waals surface area contributed by atoms with Crippen LogP contribution in [-0.2, 0) is 9.59 Å². The Morgan fingerprint density at radius 2 is 2.12 bits per heavy atom. The molecule has 1 amide bonds. The van der Waals surface area contributed by atoms with E-state index in [-0.39, 0.29) is 9.47 Å². The van der Waals surface area contributed by atoms with E-state index in [1.165, 1.54) is 0 Å². The Bertz CT molecular complexity index is 972. The zero-order chi connectivity index (χ0) is 18.3. The Kier molecular flexibility index (Phi) is 4.81. The fraction of sp³-hybridized carbons (Fsp3) is 0.176. The smallest absolute Gasteiger partial charge is 0.323 e. The lowest BCUT2D eigenvalue weighted by atomic mass is 10.1. The second-order valence-corrected chi connectivity index (χ2v) is 7.72. The van der Waals surface area contributed by atoms with Crippen LogP contribution in [0.2, 0.25) is 5.15 Å². The predicted octanol–water partition coefficient (Wildman–Crippen LogP) is 3.79. The van der Waals surface area contributed by atoms with Crippen LogP contribution in [0.25, 0.3) is 17.0 Å². The zero-order valence-corrected chi connectivity index (χ0v) is 15.8. The van der Waals surface area contributed by atoms with Gasteiger partial charge in [0.05, 0.1) is 10.4 Å². The maximum atomic E-state index is 12.4. The summed E-state index contributed by atoms with van der Waals surface area (Å²) >= 11 is 12.4. The molecule has 0 radical (unpaired) electrons. The van der Waals surface area contributed by atoms with Crippen LogP contribution in [0, 0.1) is 13.8 Å². The molecular weight excluding hydrogens is 380 g/mol. The van der Waals surface area contributed by atoms with Crippen molar-refractivity contribution >= 4 is 68.8 Å². The SMILES string of the molecule is Cc1cc(C)c2nc(Cl)c(/C=C3\SC(=S)N(CC(=O)O)C3=O)cc2c1. The monoisotopic (exact) mass is 392 g/mol. The molecular formula is C17H13ClN2O3S2. The van der Waals surface area contributed by atoms with E-state index in [9.17, 15) is 9.59 Å². The minimum atomic E-state index is -1.12. The molecule has 25 heavy (non-hydrogen) atoms. The molecule has 8 heteroatoms. The topological polar surface area (TPSA) is 70.5 Å². The number of hydrogen-bond donors (Lipinski definition) is 1. The van der Waals surface area contributed by atoms with Gasteiger partial charge in [-0.05, 0) is 37.6 Å². The van der Waals surface area contributed by atoms with E-state index in [0.29, 0.717) is 10.5 Å². The number of halogens is 1. The van der Waals surface area contributed by atoms with Crippen molar-refractivity contribution in [3.63, 3.8) is 0 Å². The number of rotatable bonds is 3. The zero-order valence-electron chi connectivity index (χ0n) is 13.4. The summed E-state index contributed by atoms with van der Waals surface area (Å²) in [5, 5.41) is 10.1. The second kappa shape index (κ2) is 6.74. The molecule has 1 aromatic carbocycles. The average molecular weight is 393 g/mol. The van der Waals surface area contributed by atoms with E-state index in [2.05, 4.69) is 4.98 Å². The van der Waals surface area contributed by atoms with E-state index < -0.39 is 18.4 Å². The molecule has 2 heterocycles. The van der Waals surface area contributed by atoms with Crippen LogP contribution in [0.3, 0.4) is 0 Å². The van der Waals surface area contributed by atoms with Crippen LogP contribution >= 0.6 is 35.6 Å². The van der Waals surface area contributed by atoms with Crippen LogP contribution in [-0.4, -0.2) is 37.7 Å². The number of fused-ring (bicyclic) bond motifs is 1. The molecule has 1 N–H and O–H groups in total. The normalized spacial score (nSPS) is 16.3. The number of hydrogen-bond acceptors (Lipinski definition) is 5. The van der Waals surface area contributed by atoms with Crippen molar-refractivity contribution in [3.8, 4) is 0 Å². The summed E-state index contributed by atoms with van der Waals surface area (Å²) in [4.78, 5) is 29.0. The third-order valence-corrected chi connectivity index (χ3v) is 5.37. The van der Waals surface area contributed by atoms with Crippen LogP contribution in [0.4, 0.5) is 0 Å². The van der Waals surface area contributed by atoms with E-state index in [1.807, 2.05) is 32.0 Å². The minimum absolute atomic E-state index is 0.218. The minimum Gasteiger partial charge on any atom is -0.480 e. The Balaban J connectivity index is 2.04. The number of thiocarbonyl (C=S) groups is 1. The first kappa shape index (κ1) is 17.8. The fourth-order valence-electron chi connectivity index (χ4n) is 2.66. The van der Waals surface area contributed by atoms with Crippen molar-refractivity contribution in [2.24, 2.45) is 0 Å². The van der Waals surface area contributed by atoms with Gasteiger partial charge in [0.25, 0.3) is 5.91 Å². The van der Waals surface area contributed by atoms with Crippen molar-refractivity contribution in [2.45, 2.75) is 13.8 Å². The molecule has 1 aliphatic rings. The molecule has 1 aliphatic heterocycles.